The number of carbonyl (C=O) groups is 2. The number of pyridine rings is 1. The Morgan fingerprint density at radius 2 is 1.88 bits per heavy atom. The lowest BCUT2D eigenvalue weighted by Crippen LogP contribution is -2.58. The van der Waals surface area contributed by atoms with E-state index in [0.29, 0.717) is 26.2 Å². The van der Waals surface area contributed by atoms with Crippen LogP contribution in [0, 0.1) is 11.8 Å². The smallest absolute Gasteiger partial charge is 0.278 e. The summed E-state index contributed by atoms with van der Waals surface area (Å²) in [6.45, 7) is 5.68. The van der Waals surface area contributed by atoms with E-state index >= 15 is 0 Å². The molecule has 0 radical (unpaired) electrons. The van der Waals surface area contributed by atoms with Crippen LogP contribution in [0.3, 0.4) is 0 Å². The summed E-state index contributed by atoms with van der Waals surface area (Å²) in [6.07, 6.45) is 1.87. The number of piperazine rings is 1. The van der Waals surface area contributed by atoms with Gasteiger partial charge in [0, 0.05) is 32.4 Å². The van der Waals surface area contributed by atoms with E-state index in [9.17, 15) is 19.8 Å². The second kappa shape index (κ2) is 7.79. The van der Waals surface area contributed by atoms with Crippen LogP contribution in [0.2, 0.25) is 0 Å². The number of aliphatic hydroxyl groups is 2. The molecule has 25 heavy (non-hydrogen) atoms. The van der Waals surface area contributed by atoms with Crippen molar-refractivity contribution in [3.8, 4) is 0 Å². The van der Waals surface area contributed by atoms with Crippen LogP contribution in [0.15, 0.2) is 24.4 Å². The van der Waals surface area contributed by atoms with Crippen molar-refractivity contribution in [2.75, 3.05) is 31.1 Å². The molecule has 8 heteroatoms. The molecule has 1 aromatic rings. The van der Waals surface area contributed by atoms with Gasteiger partial charge in [0.25, 0.3) is 11.7 Å². The number of amides is 2. The topological polar surface area (TPSA) is 120 Å². The van der Waals surface area contributed by atoms with E-state index in [1.54, 1.807) is 11.1 Å². The average Bonchev–Trinajstić information content (AvgIpc) is 2.59. The van der Waals surface area contributed by atoms with Gasteiger partial charge in [0.1, 0.15) is 11.7 Å². The molecule has 4 N–H and O–H groups in total. The summed E-state index contributed by atoms with van der Waals surface area (Å²) in [5, 5.41) is 20.1. The molecule has 2 heterocycles. The highest BCUT2D eigenvalue weighted by molar-refractivity contribution is 5.90. The number of rotatable bonds is 6. The molecule has 1 aliphatic rings. The van der Waals surface area contributed by atoms with E-state index in [2.05, 4.69) is 9.88 Å². The molecular formula is C17H26N4O4. The first-order valence-corrected chi connectivity index (χ1v) is 8.43. The van der Waals surface area contributed by atoms with Gasteiger partial charge in [0.15, 0.2) is 0 Å². The van der Waals surface area contributed by atoms with E-state index in [-0.39, 0.29) is 12.3 Å². The maximum absolute atomic E-state index is 12.8. The summed E-state index contributed by atoms with van der Waals surface area (Å²) in [6, 6.07) is 5.64. The highest BCUT2D eigenvalue weighted by Gasteiger charge is 2.47. The molecule has 0 aromatic carbocycles. The zero-order valence-corrected chi connectivity index (χ0v) is 14.6. The third kappa shape index (κ3) is 4.46. The minimum atomic E-state index is -2.85. The highest BCUT2D eigenvalue weighted by Crippen LogP contribution is 2.26. The van der Waals surface area contributed by atoms with Crippen molar-refractivity contribution in [3.05, 3.63) is 24.4 Å². The monoisotopic (exact) mass is 350 g/mol. The van der Waals surface area contributed by atoms with Crippen molar-refractivity contribution in [2.45, 2.75) is 26.1 Å². The first kappa shape index (κ1) is 19.1. The van der Waals surface area contributed by atoms with Gasteiger partial charge in [-0.1, -0.05) is 19.9 Å². The van der Waals surface area contributed by atoms with E-state index in [0.717, 1.165) is 5.82 Å². The lowest BCUT2D eigenvalue weighted by Gasteiger charge is -2.39. The number of carbonyl (C=O) groups excluding carboxylic acids is 2. The molecule has 1 saturated heterocycles. The van der Waals surface area contributed by atoms with Crippen LogP contribution in [-0.2, 0) is 9.59 Å². The Bertz CT molecular complexity index is 598. The molecular weight excluding hydrogens is 324 g/mol. The van der Waals surface area contributed by atoms with Crippen LogP contribution >= 0.6 is 0 Å². The first-order chi connectivity index (χ1) is 11.7. The summed E-state index contributed by atoms with van der Waals surface area (Å²) in [4.78, 5) is 32.1. The average molecular weight is 350 g/mol. The van der Waals surface area contributed by atoms with Crippen LogP contribution in [0.5, 0.6) is 0 Å². The maximum Gasteiger partial charge on any atom is 0.278 e. The molecule has 0 aliphatic carbocycles. The van der Waals surface area contributed by atoms with Crippen LogP contribution in [0.25, 0.3) is 0 Å². The Hall–Kier alpha value is -2.19. The Labute approximate surface area is 147 Å². The van der Waals surface area contributed by atoms with E-state index in [1.807, 2.05) is 32.0 Å². The summed E-state index contributed by atoms with van der Waals surface area (Å²) in [7, 11) is 0. The summed E-state index contributed by atoms with van der Waals surface area (Å²) in [5.41, 5.74) is 5.09. The SMILES string of the molecule is CC(C)CC(C(=O)N1CCN(c2ccccn2)CC1)C(O)(O)C(N)=O. The maximum atomic E-state index is 12.8. The normalized spacial score (nSPS) is 16.8. The number of hydrogen-bond acceptors (Lipinski definition) is 6. The number of primary amides is 1. The number of anilines is 1. The molecule has 2 rings (SSSR count). The minimum Gasteiger partial charge on any atom is -0.365 e. The summed E-state index contributed by atoms with van der Waals surface area (Å²) in [5.74, 6) is -5.05. The van der Waals surface area contributed by atoms with Crippen LogP contribution < -0.4 is 10.6 Å². The van der Waals surface area contributed by atoms with E-state index < -0.39 is 23.5 Å². The lowest BCUT2D eigenvalue weighted by molar-refractivity contribution is -0.209. The Balaban J connectivity index is 2.07. The van der Waals surface area contributed by atoms with Crippen molar-refractivity contribution in [1.29, 1.82) is 0 Å². The van der Waals surface area contributed by atoms with Gasteiger partial charge in [-0.25, -0.2) is 4.98 Å². The van der Waals surface area contributed by atoms with Gasteiger partial charge < -0.3 is 25.7 Å². The first-order valence-electron chi connectivity index (χ1n) is 8.43. The third-order valence-electron chi connectivity index (χ3n) is 4.42. The lowest BCUT2D eigenvalue weighted by atomic mass is 9.87. The second-order valence-electron chi connectivity index (χ2n) is 6.77. The second-order valence-corrected chi connectivity index (χ2v) is 6.77. The zero-order valence-electron chi connectivity index (χ0n) is 14.6. The quantitative estimate of drug-likeness (QED) is 0.598. The van der Waals surface area contributed by atoms with Gasteiger partial charge >= 0.3 is 0 Å². The number of nitrogens with zero attached hydrogens (tertiary/aromatic N) is 3. The predicted molar refractivity (Wildman–Crippen MR) is 92.3 cm³/mol. The fourth-order valence-corrected chi connectivity index (χ4v) is 3.00. The molecule has 0 spiro atoms. The molecule has 138 valence electrons. The van der Waals surface area contributed by atoms with E-state index in [4.69, 9.17) is 5.73 Å². The van der Waals surface area contributed by atoms with Crippen molar-refractivity contribution < 1.29 is 19.8 Å². The number of nitrogens with two attached hydrogens (primary N) is 1. The van der Waals surface area contributed by atoms with Crippen LogP contribution in [-0.4, -0.2) is 63.9 Å². The molecule has 0 bridgehead atoms. The fourth-order valence-electron chi connectivity index (χ4n) is 3.00. The summed E-state index contributed by atoms with van der Waals surface area (Å²) < 4.78 is 0. The Morgan fingerprint density at radius 3 is 2.36 bits per heavy atom. The van der Waals surface area contributed by atoms with Gasteiger partial charge in [0.05, 0.1) is 0 Å². The van der Waals surface area contributed by atoms with Crippen molar-refractivity contribution in [3.63, 3.8) is 0 Å². The molecule has 1 unspecified atom stereocenters. The Kier molecular flexibility index (Phi) is 5.97. The largest absolute Gasteiger partial charge is 0.365 e. The highest BCUT2D eigenvalue weighted by atomic mass is 16.5. The molecule has 1 aliphatic heterocycles. The molecule has 0 saturated carbocycles. The van der Waals surface area contributed by atoms with Crippen molar-refractivity contribution >= 4 is 17.6 Å². The molecule has 1 fully saturated rings. The van der Waals surface area contributed by atoms with Gasteiger partial charge in [-0.2, -0.15) is 0 Å². The number of hydrogen-bond donors (Lipinski definition) is 3. The van der Waals surface area contributed by atoms with Crippen LogP contribution in [0.1, 0.15) is 20.3 Å². The fraction of sp³-hybridized carbons (Fsp3) is 0.588. The molecule has 1 atom stereocenters. The molecule has 8 nitrogen and oxygen atoms in total. The Morgan fingerprint density at radius 1 is 1.24 bits per heavy atom. The third-order valence-corrected chi connectivity index (χ3v) is 4.42. The molecule has 2 amide bonds. The standard InChI is InChI=1S/C17H26N4O4/c1-12(2)11-13(17(24,25)16(18)23)15(22)21-9-7-20(8-10-21)14-5-3-4-6-19-14/h3-6,12-13,24-25H,7-11H2,1-2H3,(H2,18,23). The van der Waals surface area contributed by atoms with Crippen molar-refractivity contribution in [1.82, 2.24) is 9.88 Å². The van der Waals surface area contributed by atoms with Crippen LogP contribution in [0.4, 0.5) is 5.82 Å². The van der Waals surface area contributed by atoms with Gasteiger partial charge in [-0.05, 0) is 24.5 Å². The van der Waals surface area contributed by atoms with Gasteiger partial charge in [-0.3, -0.25) is 9.59 Å². The molecule has 1 aromatic heterocycles. The zero-order chi connectivity index (χ0) is 18.6. The van der Waals surface area contributed by atoms with Gasteiger partial charge in [0.2, 0.25) is 5.91 Å². The van der Waals surface area contributed by atoms with E-state index in [1.165, 1.54) is 0 Å². The minimum absolute atomic E-state index is 0.00165. The van der Waals surface area contributed by atoms with Crippen molar-refractivity contribution in [2.24, 2.45) is 17.6 Å². The van der Waals surface area contributed by atoms with Gasteiger partial charge in [-0.15, -0.1) is 0 Å². The summed E-state index contributed by atoms with van der Waals surface area (Å²) >= 11 is 0. The predicted octanol–water partition coefficient (Wildman–Crippen LogP) is -0.441. The number of aromatic nitrogens is 1.